The molecule has 1 aliphatic rings. The molecule has 188 valence electrons. The molecule has 11 heteroatoms. The highest BCUT2D eigenvalue weighted by molar-refractivity contribution is 7.14. The summed E-state index contributed by atoms with van der Waals surface area (Å²) in [6.45, 7) is 4.94. The third-order valence-electron chi connectivity index (χ3n) is 6.04. The summed E-state index contributed by atoms with van der Waals surface area (Å²) in [6, 6.07) is 6.20. The molecular formula is C25H29N6O4P. The summed E-state index contributed by atoms with van der Waals surface area (Å²) in [4.78, 5) is 12.2. The molecule has 1 aromatic carbocycles. The van der Waals surface area contributed by atoms with Gasteiger partial charge in [-0.1, -0.05) is 13.0 Å². The van der Waals surface area contributed by atoms with Gasteiger partial charge >= 0.3 is 5.97 Å². The SMILES string of the molecule is CCOC(=O)Cn1nc(CC)c2c1OCCCOc1c(cnn1C)-c1ccc3c(c1)c(nn3P)/C=C/2. The van der Waals surface area contributed by atoms with Gasteiger partial charge in [-0.25, -0.2) is 9.36 Å². The fourth-order valence-electron chi connectivity index (χ4n) is 4.33. The van der Waals surface area contributed by atoms with Crippen LogP contribution in [-0.4, -0.2) is 54.9 Å². The van der Waals surface area contributed by atoms with Gasteiger partial charge in [0.2, 0.25) is 11.8 Å². The minimum absolute atomic E-state index is 0.0224. The second kappa shape index (κ2) is 10.1. The second-order valence-electron chi connectivity index (χ2n) is 8.41. The first-order valence-corrected chi connectivity index (χ1v) is 12.5. The highest BCUT2D eigenvalue weighted by Crippen LogP contribution is 2.34. The number of aryl methyl sites for hydroxylation is 2. The predicted molar refractivity (Wildman–Crippen MR) is 140 cm³/mol. The zero-order valence-corrected chi connectivity index (χ0v) is 21.8. The summed E-state index contributed by atoms with van der Waals surface area (Å²) in [7, 11) is 4.50. The maximum absolute atomic E-state index is 12.2. The van der Waals surface area contributed by atoms with Gasteiger partial charge in [0, 0.05) is 18.9 Å². The quantitative estimate of drug-likeness (QED) is 0.306. The zero-order valence-electron chi connectivity index (χ0n) is 20.6. The largest absolute Gasteiger partial charge is 0.477 e. The fraction of sp³-hybridized carbons (Fsp3) is 0.360. The minimum atomic E-state index is -0.360. The summed E-state index contributed by atoms with van der Waals surface area (Å²) in [5.41, 5.74) is 5.36. The number of benzene rings is 1. The third kappa shape index (κ3) is 4.48. The number of fused-ring (bicyclic) bond motifs is 4. The maximum Gasteiger partial charge on any atom is 0.327 e. The van der Waals surface area contributed by atoms with Crippen molar-refractivity contribution in [2.24, 2.45) is 7.05 Å². The van der Waals surface area contributed by atoms with Crippen LogP contribution in [0.1, 0.15) is 37.2 Å². The lowest BCUT2D eigenvalue weighted by molar-refractivity contribution is -0.144. The lowest BCUT2D eigenvalue weighted by Gasteiger charge is -2.12. The van der Waals surface area contributed by atoms with Crippen LogP contribution in [0.15, 0.2) is 24.4 Å². The molecule has 3 aromatic heterocycles. The second-order valence-corrected chi connectivity index (χ2v) is 8.90. The molecule has 0 N–H and O–H groups in total. The number of hydrogen-bond acceptors (Lipinski definition) is 7. The van der Waals surface area contributed by atoms with Gasteiger partial charge in [0.05, 0.1) is 54.0 Å². The monoisotopic (exact) mass is 508 g/mol. The van der Waals surface area contributed by atoms with E-state index >= 15 is 0 Å². The van der Waals surface area contributed by atoms with Crippen molar-refractivity contribution in [3.05, 3.63) is 41.3 Å². The molecule has 5 rings (SSSR count). The van der Waals surface area contributed by atoms with Crippen molar-refractivity contribution in [1.29, 1.82) is 0 Å². The fourth-order valence-corrected chi connectivity index (χ4v) is 4.68. The number of hydrogen-bond donors (Lipinski definition) is 0. The molecule has 0 spiro atoms. The molecular weight excluding hydrogens is 479 g/mol. The van der Waals surface area contributed by atoms with Crippen molar-refractivity contribution >= 4 is 38.4 Å². The zero-order chi connectivity index (χ0) is 25.2. The molecule has 10 nitrogen and oxygen atoms in total. The Hall–Kier alpha value is -3.65. The molecule has 4 heterocycles. The van der Waals surface area contributed by atoms with Crippen LogP contribution in [0.25, 0.3) is 34.2 Å². The lowest BCUT2D eigenvalue weighted by atomic mass is 10.0. The highest BCUT2D eigenvalue weighted by atomic mass is 31.0. The third-order valence-corrected chi connectivity index (χ3v) is 6.43. The molecule has 1 unspecified atom stereocenters. The Morgan fingerprint density at radius 3 is 2.72 bits per heavy atom. The highest BCUT2D eigenvalue weighted by Gasteiger charge is 2.20. The molecule has 1 atom stereocenters. The van der Waals surface area contributed by atoms with Gasteiger partial charge < -0.3 is 14.2 Å². The summed E-state index contributed by atoms with van der Waals surface area (Å²) in [6.07, 6.45) is 7.07. The van der Waals surface area contributed by atoms with E-state index in [1.54, 1.807) is 20.7 Å². The van der Waals surface area contributed by atoms with Crippen molar-refractivity contribution in [3.8, 4) is 22.9 Å². The van der Waals surface area contributed by atoms with E-state index in [9.17, 15) is 4.79 Å². The summed E-state index contributed by atoms with van der Waals surface area (Å²) < 4.78 is 22.6. The lowest BCUT2D eigenvalue weighted by Crippen LogP contribution is -2.17. The Morgan fingerprint density at radius 2 is 1.94 bits per heavy atom. The van der Waals surface area contributed by atoms with Gasteiger partial charge in [-0.2, -0.15) is 15.3 Å². The molecule has 2 bridgehead atoms. The van der Waals surface area contributed by atoms with E-state index in [1.807, 2.05) is 38.4 Å². The van der Waals surface area contributed by atoms with Crippen LogP contribution in [0.5, 0.6) is 11.8 Å². The average molecular weight is 509 g/mol. The Bertz CT molecular complexity index is 1450. The molecule has 4 aromatic rings. The molecule has 0 fully saturated rings. The Labute approximate surface area is 211 Å². The van der Waals surface area contributed by atoms with Gasteiger partial charge in [0.1, 0.15) is 6.54 Å². The van der Waals surface area contributed by atoms with Gasteiger partial charge in [-0.15, -0.1) is 0 Å². The average Bonchev–Trinajstić information content (AvgIpc) is 3.50. The van der Waals surface area contributed by atoms with Crippen molar-refractivity contribution in [2.45, 2.75) is 33.2 Å². The molecule has 36 heavy (non-hydrogen) atoms. The minimum Gasteiger partial charge on any atom is -0.477 e. The van der Waals surface area contributed by atoms with Gasteiger partial charge in [0.25, 0.3) is 0 Å². The van der Waals surface area contributed by atoms with E-state index in [-0.39, 0.29) is 12.5 Å². The van der Waals surface area contributed by atoms with E-state index in [4.69, 9.17) is 19.3 Å². The van der Waals surface area contributed by atoms with Crippen LogP contribution in [-0.2, 0) is 29.5 Å². The number of rotatable bonds is 4. The molecule has 0 radical (unpaired) electrons. The van der Waals surface area contributed by atoms with Crippen LogP contribution in [0, 0.1) is 0 Å². The number of ether oxygens (including phenoxy) is 3. The van der Waals surface area contributed by atoms with Crippen LogP contribution in [0.3, 0.4) is 0 Å². The number of aromatic nitrogens is 6. The van der Waals surface area contributed by atoms with Crippen molar-refractivity contribution in [1.82, 2.24) is 29.1 Å². The van der Waals surface area contributed by atoms with Gasteiger partial charge in [0.15, 0.2) is 0 Å². The maximum atomic E-state index is 12.2. The van der Waals surface area contributed by atoms with Crippen LogP contribution in [0.2, 0.25) is 0 Å². The standard InChI is InChI=1S/C25H29N6O4P/c1-4-20-17-8-9-21-18-13-16(7-10-22(18)31(36)28-21)19-14-26-29(3)24(19)34-11-6-12-35-25(17)30(27-20)15-23(32)33-5-2/h7-10,13-14H,4-6,11-12,15,36H2,1-3H3/b9-8+. The molecule has 1 aliphatic heterocycles. The van der Waals surface area contributed by atoms with Crippen molar-refractivity contribution < 1.29 is 19.0 Å². The van der Waals surface area contributed by atoms with Gasteiger partial charge in [-0.3, -0.25) is 9.25 Å². The van der Waals surface area contributed by atoms with E-state index in [0.29, 0.717) is 44.4 Å². The molecule has 0 amide bonds. The van der Waals surface area contributed by atoms with Crippen LogP contribution in [0.4, 0.5) is 0 Å². The van der Waals surface area contributed by atoms with E-state index in [1.165, 1.54) is 0 Å². The van der Waals surface area contributed by atoms with Gasteiger partial charge in [-0.05, 0) is 52.6 Å². The molecule has 0 saturated carbocycles. The topological polar surface area (TPSA) is 98.2 Å². The first-order chi connectivity index (χ1) is 17.5. The van der Waals surface area contributed by atoms with Crippen LogP contribution < -0.4 is 9.47 Å². The number of carbonyl (C=O) groups excluding carboxylic acids is 1. The first kappa shape index (κ1) is 24.1. The van der Waals surface area contributed by atoms with Crippen LogP contribution >= 0.6 is 9.39 Å². The number of nitrogens with zero attached hydrogens (tertiary/aromatic N) is 6. The Morgan fingerprint density at radius 1 is 1.14 bits per heavy atom. The first-order valence-electron chi connectivity index (χ1n) is 12.0. The van der Waals surface area contributed by atoms with Crippen molar-refractivity contribution in [2.75, 3.05) is 19.8 Å². The predicted octanol–water partition coefficient (Wildman–Crippen LogP) is 3.73. The van der Waals surface area contributed by atoms with E-state index in [0.717, 1.165) is 39.0 Å². The van der Waals surface area contributed by atoms with Crippen molar-refractivity contribution in [3.63, 3.8) is 0 Å². The smallest absolute Gasteiger partial charge is 0.327 e. The molecule has 0 saturated heterocycles. The summed E-state index contributed by atoms with van der Waals surface area (Å²) >= 11 is 0. The molecule has 0 aliphatic carbocycles. The summed E-state index contributed by atoms with van der Waals surface area (Å²) in [5, 5.41) is 14.8. The summed E-state index contributed by atoms with van der Waals surface area (Å²) in [5.74, 6) is 0.865. The number of esters is 1. The van der Waals surface area contributed by atoms with E-state index in [2.05, 4.69) is 31.7 Å². The number of carbonyl (C=O) groups is 1. The normalized spacial score (nSPS) is 14.3. The Kier molecular flexibility index (Phi) is 6.78. The Balaban J connectivity index is 1.63. The van der Waals surface area contributed by atoms with E-state index < -0.39 is 0 Å².